The van der Waals surface area contributed by atoms with Crippen LogP contribution in [0.25, 0.3) is 0 Å². The first kappa shape index (κ1) is 12.7. The van der Waals surface area contributed by atoms with E-state index in [1.165, 1.54) is 38.5 Å². The van der Waals surface area contributed by atoms with E-state index in [1.807, 2.05) is 0 Å². The number of hydrogen-bond acceptors (Lipinski definition) is 0. The second kappa shape index (κ2) is 8.34. The van der Waals surface area contributed by atoms with Crippen molar-refractivity contribution in [1.82, 2.24) is 0 Å². The molecule has 0 amide bonds. The van der Waals surface area contributed by atoms with Crippen LogP contribution in [-0.2, 0) is 0 Å². The highest BCUT2D eigenvalue weighted by atomic mass is 14.1. The first-order valence-corrected chi connectivity index (χ1v) is 5.90. The number of rotatable bonds is 8. The van der Waals surface area contributed by atoms with Crippen LogP contribution in [0.1, 0.15) is 59.3 Å². The summed E-state index contributed by atoms with van der Waals surface area (Å²) in [4.78, 5) is 0. The molecule has 13 heavy (non-hydrogen) atoms. The van der Waals surface area contributed by atoms with Crippen molar-refractivity contribution in [3.05, 3.63) is 12.7 Å². The minimum Gasteiger partial charge on any atom is -0.103 e. The van der Waals surface area contributed by atoms with Gasteiger partial charge in [0.15, 0.2) is 0 Å². The highest BCUT2D eigenvalue weighted by Crippen LogP contribution is 2.20. The maximum atomic E-state index is 3.87. The van der Waals surface area contributed by atoms with Gasteiger partial charge in [-0.15, -0.1) is 6.58 Å². The third-order valence-corrected chi connectivity index (χ3v) is 3.20. The Labute approximate surface area is 84.4 Å². The van der Waals surface area contributed by atoms with Crippen molar-refractivity contribution < 1.29 is 0 Å². The molecule has 0 bridgehead atoms. The fourth-order valence-corrected chi connectivity index (χ4v) is 1.85. The normalized spacial score (nSPS) is 13.2. The summed E-state index contributed by atoms with van der Waals surface area (Å²) >= 11 is 0. The SMILES string of the molecule is C=CC(CC)CCCC(CC)CC. The molecule has 0 aromatic rings. The molecule has 78 valence electrons. The van der Waals surface area contributed by atoms with Gasteiger partial charge in [-0.2, -0.15) is 0 Å². The Balaban J connectivity index is 3.46. The molecule has 1 unspecified atom stereocenters. The van der Waals surface area contributed by atoms with Gasteiger partial charge < -0.3 is 0 Å². The lowest BCUT2D eigenvalue weighted by Crippen LogP contribution is -1.99. The molecule has 0 aliphatic rings. The van der Waals surface area contributed by atoms with E-state index >= 15 is 0 Å². The van der Waals surface area contributed by atoms with Crippen LogP contribution in [0.15, 0.2) is 12.7 Å². The zero-order chi connectivity index (χ0) is 10.1. The molecule has 0 N–H and O–H groups in total. The van der Waals surface area contributed by atoms with Gasteiger partial charge in [-0.25, -0.2) is 0 Å². The Morgan fingerprint density at radius 2 is 1.62 bits per heavy atom. The molecule has 0 aromatic carbocycles. The van der Waals surface area contributed by atoms with Crippen molar-refractivity contribution in [3.63, 3.8) is 0 Å². The van der Waals surface area contributed by atoms with Crippen LogP contribution in [0, 0.1) is 11.8 Å². The molecule has 0 aliphatic heterocycles. The highest BCUT2D eigenvalue weighted by molar-refractivity contribution is 4.77. The first-order valence-electron chi connectivity index (χ1n) is 5.90. The van der Waals surface area contributed by atoms with E-state index in [0.29, 0.717) is 0 Å². The summed E-state index contributed by atoms with van der Waals surface area (Å²) in [6.07, 6.45) is 10.2. The van der Waals surface area contributed by atoms with Gasteiger partial charge in [-0.1, -0.05) is 52.5 Å². The van der Waals surface area contributed by atoms with Crippen LogP contribution in [0.4, 0.5) is 0 Å². The van der Waals surface area contributed by atoms with Gasteiger partial charge in [0, 0.05) is 0 Å². The fraction of sp³-hybridized carbons (Fsp3) is 0.846. The van der Waals surface area contributed by atoms with E-state index in [-0.39, 0.29) is 0 Å². The topological polar surface area (TPSA) is 0 Å². The van der Waals surface area contributed by atoms with E-state index in [1.54, 1.807) is 0 Å². The largest absolute Gasteiger partial charge is 0.103 e. The standard InChI is InChI=1S/C13H26/c1-5-12(6-2)10-9-11-13(7-3)8-4/h5,12-13H,1,6-11H2,2-4H3. The van der Waals surface area contributed by atoms with Crippen LogP contribution >= 0.6 is 0 Å². The minimum atomic E-state index is 0.759. The lowest BCUT2D eigenvalue weighted by molar-refractivity contribution is 0.412. The fourth-order valence-electron chi connectivity index (χ4n) is 1.85. The van der Waals surface area contributed by atoms with Gasteiger partial charge in [0.25, 0.3) is 0 Å². The van der Waals surface area contributed by atoms with Gasteiger partial charge in [0.1, 0.15) is 0 Å². The highest BCUT2D eigenvalue weighted by Gasteiger charge is 2.05. The summed E-state index contributed by atoms with van der Waals surface area (Å²) in [6.45, 7) is 10.7. The predicted molar refractivity (Wildman–Crippen MR) is 61.9 cm³/mol. The zero-order valence-electron chi connectivity index (χ0n) is 9.68. The molecule has 0 saturated heterocycles. The van der Waals surface area contributed by atoms with Gasteiger partial charge >= 0.3 is 0 Å². The van der Waals surface area contributed by atoms with E-state index in [0.717, 1.165) is 11.8 Å². The smallest absolute Gasteiger partial charge is 0.0239 e. The van der Waals surface area contributed by atoms with Crippen molar-refractivity contribution in [2.45, 2.75) is 59.3 Å². The molecule has 0 spiro atoms. The maximum absolute atomic E-state index is 3.87. The van der Waals surface area contributed by atoms with Crippen molar-refractivity contribution in [2.75, 3.05) is 0 Å². The van der Waals surface area contributed by atoms with Crippen LogP contribution in [-0.4, -0.2) is 0 Å². The van der Waals surface area contributed by atoms with Gasteiger partial charge in [-0.05, 0) is 24.7 Å². The Morgan fingerprint density at radius 1 is 1.00 bits per heavy atom. The summed E-state index contributed by atoms with van der Waals surface area (Å²) in [7, 11) is 0. The molecule has 0 rings (SSSR count). The molecule has 0 radical (unpaired) electrons. The van der Waals surface area contributed by atoms with Gasteiger partial charge in [-0.3, -0.25) is 0 Å². The van der Waals surface area contributed by atoms with E-state index < -0.39 is 0 Å². The summed E-state index contributed by atoms with van der Waals surface area (Å²) < 4.78 is 0. The summed E-state index contributed by atoms with van der Waals surface area (Å²) in [5.74, 6) is 1.72. The molecular formula is C13H26. The quantitative estimate of drug-likeness (QED) is 0.473. The van der Waals surface area contributed by atoms with E-state index in [9.17, 15) is 0 Å². The van der Waals surface area contributed by atoms with E-state index in [2.05, 4.69) is 33.4 Å². The summed E-state index contributed by atoms with van der Waals surface area (Å²) in [5.41, 5.74) is 0. The summed E-state index contributed by atoms with van der Waals surface area (Å²) in [6, 6.07) is 0. The molecule has 0 nitrogen and oxygen atoms in total. The van der Waals surface area contributed by atoms with E-state index in [4.69, 9.17) is 0 Å². The van der Waals surface area contributed by atoms with Crippen molar-refractivity contribution in [2.24, 2.45) is 11.8 Å². The Bertz CT molecular complexity index is 111. The monoisotopic (exact) mass is 182 g/mol. The van der Waals surface area contributed by atoms with Crippen LogP contribution < -0.4 is 0 Å². The zero-order valence-corrected chi connectivity index (χ0v) is 9.68. The minimum absolute atomic E-state index is 0.759. The van der Waals surface area contributed by atoms with Crippen LogP contribution in [0.2, 0.25) is 0 Å². The Morgan fingerprint density at radius 3 is 2.00 bits per heavy atom. The third-order valence-electron chi connectivity index (χ3n) is 3.20. The predicted octanol–water partition coefficient (Wildman–Crippen LogP) is 4.81. The van der Waals surface area contributed by atoms with Crippen molar-refractivity contribution >= 4 is 0 Å². The third kappa shape index (κ3) is 5.90. The number of allylic oxidation sites excluding steroid dienone is 1. The second-order valence-corrected chi connectivity index (χ2v) is 4.02. The number of hydrogen-bond donors (Lipinski definition) is 0. The molecular weight excluding hydrogens is 156 g/mol. The molecule has 0 fully saturated rings. The molecule has 0 aliphatic carbocycles. The molecule has 0 heteroatoms. The van der Waals surface area contributed by atoms with Crippen molar-refractivity contribution in [1.29, 1.82) is 0 Å². The van der Waals surface area contributed by atoms with Gasteiger partial charge in [0.2, 0.25) is 0 Å². The molecule has 0 saturated carbocycles. The average molecular weight is 182 g/mol. The lowest BCUT2D eigenvalue weighted by Gasteiger charge is -2.14. The van der Waals surface area contributed by atoms with Crippen LogP contribution in [0.5, 0.6) is 0 Å². The molecule has 0 aromatic heterocycles. The molecule has 1 atom stereocenters. The maximum Gasteiger partial charge on any atom is -0.0239 e. The van der Waals surface area contributed by atoms with Crippen molar-refractivity contribution in [3.8, 4) is 0 Å². The Hall–Kier alpha value is -0.260. The molecule has 0 heterocycles. The Kier molecular flexibility index (Phi) is 8.18. The van der Waals surface area contributed by atoms with Crippen LogP contribution in [0.3, 0.4) is 0 Å². The lowest BCUT2D eigenvalue weighted by atomic mass is 9.92. The second-order valence-electron chi connectivity index (χ2n) is 4.02. The first-order chi connectivity index (χ1) is 6.28. The average Bonchev–Trinajstić information content (AvgIpc) is 2.19. The van der Waals surface area contributed by atoms with Gasteiger partial charge in [0.05, 0.1) is 0 Å². The summed E-state index contributed by atoms with van der Waals surface area (Å²) in [5, 5.41) is 0.